The lowest BCUT2D eigenvalue weighted by Crippen LogP contribution is -2.60. The number of hydrogen-bond donors (Lipinski definition) is 1. The van der Waals surface area contributed by atoms with Crippen LogP contribution >= 0.6 is 23.2 Å². The number of fused-ring (bicyclic) bond motifs is 4. The van der Waals surface area contributed by atoms with E-state index in [1.54, 1.807) is 6.08 Å². The van der Waals surface area contributed by atoms with E-state index in [0.29, 0.717) is 5.57 Å². The molecule has 1 N–H and O–H groups in total. The van der Waals surface area contributed by atoms with Crippen LogP contribution in [0.3, 0.4) is 0 Å². The highest BCUT2D eigenvalue weighted by Gasteiger charge is 2.76. The Bertz CT molecular complexity index is 1160. The van der Waals surface area contributed by atoms with Gasteiger partial charge in [0.05, 0.1) is 11.8 Å². The second kappa shape index (κ2) is 6.54. The third-order valence-corrected chi connectivity index (χ3v) is 8.98. The quantitative estimate of drug-likeness (QED) is 0.377. The van der Waals surface area contributed by atoms with Gasteiger partial charge < -0.3 is 5.11 Å². The number of rotatable bonds is 1. The monoisotopic (exact) mass is 480 g/mol. The van der Waals surface area contributed by atoms with Gasteiger partial charge in [0.2, 0.25) is 11.8 Å². The highest BCUT2D eigenvalue weighted by Crippen LogP contribution is 2.65. The first-order valence-corrected chi connectivity index (χ1v) is 10.9. The van der Waals surface area contributed by atoms with Gasteiger partial charge in [0.25, 0.3) is 11.8 Å². The number of nitrogens with zero attached hydrogens (tertiary/aromatic N) is 2. The van der Waals surface area contributed by atoms with Gasteiger partial charge in [0.1, 0.15) is 0 Å². The van der Waals surface area contributed by atoms with Crippen LogP contribution in [-0.2, 0) is 19.2 Å². The lowest BCUT2D eigenvalue weighted by molar-refractivity contribution is -0.140. The van der Waals surface area contributed by atoms with Crippen molar-refractivity contribution in [2.24, 2.45) is 17.8 Å². The van der Waals surface area contributed by atoms with Crippen LogP contribution in [0.15, 0.2) is 29.8 Å². The molecular formula is C22H19Cl2FN2O5. The molecular weight excluding hydrogens is 462 g/mol. The molecule has 2 aliphatic carbocycles. The van der Waals surface area contributed by atoms with Gasteiger partial charge in [-0.05, 0) is 24.8 Å². The van der Waals surface area contributed by atoms with Crippen molar-refractivity contribution in [2.75, 3.05) is 14.1 Å². The smallest absolute Gasteiger partial charge is 0.253 e. The molecule has 1 aromatic carbocycles. The minimum absolute atomic E-state index is 0.000928. The van der Waals surface area contributed by atoms with Crippen molar-refractivity contribution in [1.29, 1.82) is 0 Å². The standard InChI is InChI=1S/C22H19Cl2FN2O5/c1-26-17(29)10-7-6-9-12(14(10)18(26)30)8-21(23)19(31)27(2)20(32)22(21,24)15(9)11-4-3-5-13(25)16(11)28/h3-6,10,12,14-15,28H,7-8H2,1-2H3/t10-,12+,14-,15+,21+,22-/m0/s1. The fourth-order valence-corrected chi connectivity index (χ4v) is 7.02. The van der Waals surface area contributed by atoms with Gasteiger partial charge in [-0.15, -0.1) is 23.2 Å². The molecule has 0 aromatic heterocycles. The van der Waals surface area contributed by atoms with E-state index in [4.69, 9.17) is 23.2 Å². The Morgan fingerprint density at radius 3 is 2.41 bits per heavy atom. The number of carbonyl (C=O) groups is 4. The molecule has 4 aliphatic rings. The summed E-state index contributed by atoms with van der Waals surface area (Å²) in [5.41, 5.74) is 0.507. The summed E-state index contributed by atoms with van der Waals surface area (Å²) in [6.07, 6.45) is 1.81. The van der Waals surface area contributed by atoms with Crippen LogP contribution in [0.4, 0.5) is 4.39 Å². The van der Waals surface area contributed by atoms with E-state index in [1.165, 1.54) is 26.2 Å². The average Bonchev–Trinajstić information content (AvgIpc) is 3.06. The van der Waals surface area contributed by atoms with Crippen LogP contribution in [0.2, 0.25) is 0 Å². The zero-order valence-electron chi connectivity index (χ0n) is 17.1. The van der Waals surface area contributed by atoms with E-state index >= 15 is 0 Å². The second-order valence-electron chi connectivity index (χ2n) is 8.91. The van der Waals surface area contributed by atoms with Crippen LogP contribution in [0.5, 0.6) is 5.75 Å². The molecule has 0 radical (unpaired) electrons. The number of para-hydroxylation sites is 1. The van der Waals surface area contributed by atoms with Crippen molar-refractivity contribution < 1.29 is 28.7 Å². The lowest BCUT2D eigenvalue weighted by Gasteiger charge is -2.50. The SMILES string of the molecule is CN1C(=O)[C@H]2[C@H](CC=C3[C@H]2C[C@@]2(Cl)C(=O)N(C)C(=O)[C@@]2(Cl)[C@H]3c2cccc(F)c2O)C1=O. The number of phenolic OH excluding ortho intramolecular Hbond substituents is 1. The highest BCUT2D eigenvalue weighted by molar-refractivity contribution is 6.53. The van der Waals surface area contributed by atoms with Crippen LogP contribution in [0.25, 0.3) is 0 Å². The van der Waals surface area contributed by atoms with Gasteiger partial charge in [-0.3, -0.25) is 29.0 Å². The molecule has 32 heavy (non-hydrogen) atoms. The third-order valence-electron chi connectivity index (χ3n) is 7.56. The van der Waals surface area contributed by atoms with Crippen molar-refractivity contribution in [3.05, 3.63) is 41.2 Å². The largest absolute Gasteiger partial charge is 0.505 e. The van der Waals surface area contributed by atoms with Crippen LogP contribution in [0, 0.1) is 23.6 Å². The van der Waals surface area contributed by atoms with Crippen molar-refractivity contribution >= 4 is 46.8 Å². The van der Waals surface area contributed by atoms with Crippen molar-refractivity contribution in [2.45, 2.75) is 28.5 Å². The Hall–Kier alpha value is -2.45. The minimum Gasteiger partial charge on any atom is -0.505 e. The van der Waals surface area contributed by atoms with Crippen LogP contribution in [0.1, 0.15) is 24.3 Å². The molecule has 0 unspecified atom stereocenters. The zero-order valence-corrected chi connectivity index (χ0v) is 18.7. The molecule has 2 aliphatic heterocycles. The fourth-order valence-electron chi connectivity index (χ4n) is 6.01. The Labute approximate surface area is 192 Å². The number of benzene rings is 1. The third kappa shape index (κ3) is 2.27. The molecule has 1 saturated carbocycles. The lowest BCUT2D eigenvalue weighted by atomic mass is 9.56. The summed E-state index contributed by atoms with van der Waals surface area (Å²) in [4.78, 5) is 50.0. The fraction of sp³-hybridized carbons (Fsp3) is 0.455. The van der Waals surface area contributed by atoms with E-state index in [2.05, 4.69) is 0 Å². The molecule has 2 saturated heterocycles. The van der Waals surface area contributed by atoms with E-state index in [-0.39, 0.29) is 24.3 Å². The second-order valence-corrected chi connectivity index (χ2v) is 10.2. The molecule has 0 bridgehead atoms. The number of likely N-dealkylation sites (tertiary alicyclic amines) is 2. The average molecular weight is 481 g/mol. The number of imide groups is 2. The number of aromatic hydroxyl groups is 1. The van der Waals surface area contributed by atoms with Crippen LogP contribution in [-0.4, -0.2) is 62.4 Å². The summed E-state index contributed by atoms with van der Waals surface area (Å²) >= 11 is 13.8. The summed E-state index contributed by atoms with van der Waals surface area (Å²) in [6, 6.07) is 3.84. The summed E-state index contributed by atoms with van der Waals surface area (Å²) in [7, 11) is 2.67. The van der Waals surface area contributed by atoms with E-state index in [0.717, 1.165) is 15.9 Å². The molecule has 7 nitrogen and oxygen atoms in total. The molecule has 5 rings (SSSR count). The molecule has 10 heteroatoms. The van der Waals surface area contributed by atoms with Gasteiger partial charge in [-0.2, -0.15) is 0 Å². The summed E-state index contributed by atoms with van der Waals surface area (Å²) in [5.74, 6) is -7.10. The van der Waals surface area contributed by atoms with Gasteiger partial charge in [0, 0.05) is 25.6 Å². The van der Waals surface area contributed by atoms with Crippen molar-refractivity contribution in [3.8, 4) is 5.75 Å². The maximum absolute atomic E-state index is 14.3. The zero-order chi connectivity index (χ0) is 23.3. The van der Waals surface area contributed by atoms with Gasteiger partial charge in [0.15, 0.2) is 21.3 Å². The van der Waals surface area contributed by atoms with Gasteiger partial charge in [-0.1, -0.05) is 23.8 Å². The predicted molar refractivity (Wildman–Crippen MR) is 111 cm³/mol. The van der Waals surface area contributed by atoms with Crippen molar-refractivity contribution in [3.63, 3.8) is 0 Å². The number of carbonyl (C=O) groups excluding carboxylic acids is 4. The molecule has 2 heterocycles. The summed E-state index contributed by atoms with van der Waals surface area (Å²) in [5, 5.41) is 10.6. The number of halogens is 3. The van der Waals surface area contributed by atoms with Gasteiger partial charge >= 0.3 is 0 Å². The van der Waals surface area contributed by atoms with Gasteiger partial charge in [-0.25, -0.2) is 4.39 Å². The Morgan fingerprint density at radius 1 is 1.03 bits per heavy atom. The maximum atomic E-state index is 14.3. The number of hydrogen-bond acceptors (Lipinski definition) is 5. The minimum atomic E-state index is -2.04. The molecule has 1 aromatic rings. The molecule has 0 spiro atoms. The van der Waals surface area contributed by atoms with E-state index in [1.807, 2.05) is 0 Å². The summed E-state index contributed by atoms with van der Waals surface area (Å²) in [6.45, 7) is 0. The summed E-state index contributed by atoms with van der Waals surface area (Å²) < 4.78 is 14.3. The molecule has 6 atom stereocenters. The topological polar surface area (TPSA) is 95.0 Å². The number of amides is 4. The molecule has 4 amide bonds. The Kier molecular flexibility index (Phi) is 4.38. The molecule has 168 valence electrons. The maximum Gasteiger partial charge on any atom is 0.253 e. The van der Waals surface area contributed by atoms with E-state index < -0.39 is 62.7 Å². The number of alkyl halides is 2. The number of phenols is 1. The first-order chi connectivity index (χ1) is 15.0. The predicted octanol–water partition coefficient (Wildman–Crippen LogP) is 2.15. The Morgan fingerprint density at radius 2 is 1.72 bits per heavy atom. The first-order valence-electron chi connectivity index (χ1n) is 10.2. The first kappa shape index (κ1) is 21.4. The van der Waals surface area contributed by atoms with Crippen LogP contribution < -0.4 is 0 Å². The number of allylic oxidation sites excluding steroid dienone is 2. The Balaban J connectivity index is 1.78. The van der Waals surface area contributed by atoms with E-state index in [9.17, 15) is 28.7 Å². The van der Waals surface area contributed by atoms with Crippen molar-refractivity contribution in [1.82, 2.24) is 9.80 Å². The highest BCUT2D eigenvalue weighted by atomic mass is 35.5. The molecule has 3 fully saturated rings. The normalized spacial score (nSPS) is 38.6.